The van der Waals surface area contributed by atoms with Gasteiger partial charge in [-0.25, -0.2) is 4.39 Å². The van der Waals surface area contributed by atoms with Crippen LogP contribution in [0.25, 0.3) is 0 Å². The molecule has 0 bridgehead atoms. The topological polar surface area (TPSA) is 47.6 Å². The van der Waals surface area contributed by atoms with Crippen LogP contribution in [0, 0.1) is 5.82 Å². The van der Waals surface area contributed by atoms with E-state index < -0.39 is 5.41 Å². The summed E-state index contributed by atoms with van der Waals surface area (Å²) in [5, 5.41) is 3.41. The van der Waals surface area contributed by atoms with Crippen LogP contribution in [0.1, 0.15) is 31.7 Å². The van der Waals surface area contributed by atoms with Crippen LogP contribution in [0.2, 0.25) is 5.02 Å². The zero-order valence-electron chi connectivity index (χ0n) is 15.3. The fourth-order valence-electron chi connectivity index (χ4n) is 3.29. The molecule has 0 spiro atoms. The lowest BCUT2D eigenvalue weighted by Gasteiger charge is -2.36. The molecule has 27 heavy (non-hydrogen) atoms. The predicted molar refractivity (Wildman–Crippen MR) is 104 cm³/mol. The summed E-state index contributed by atoms with van der Waals surface area (Å²) in [6.45, 7) is 3.56. The number of anilines is 1. The fourth-order valence-corrected chi connectivity index (χ4v) is 3.53. The Morgan fingerprint density at radius 2 is 1.93 bits per heavy atom. The number of carbonyl (C=O) groups excluding carboxylic acids is 1. The molecular weight excluding hydrogens is 369 g/mol. The first-order valence-corrected chi connectivity index (χ1v) is 9.50. The molecule has 1 fully saturated rings. The van der Waals surface area contributed by atoms with E-state index in [0.29, 0.717) is 49.1 Å². The van der Waals surface area contributed by atoms with Gasteiger partial charge in [-0.15, -0.1) is 0 Å². The Balaban J connectivity index is 1.83. The van der Waals surface area contributed by atoms with Crippen LogP contribution >= 0.6 is 11.6 Å². The summed E-state index contributed by atoms with van der Waals surface area (Å²) in [4.78, 5) is 13.2. The molecule has 1 amide bonds. The first-order chi connectivity index (χ1) is 13.0. The molecule has 1 aliphatic rings. The van der Waals surface area contributed by atoms with E-state index in [0.717, 1.165) is 12.0 Å². The number of hydrogen-bond donors (Lipinski definition) is 1. The molecule has 0 unspecified atom stereocenters. The van der Waals surface area contributed by atoms with Crippen molar-refractivity contribution < 1.29 is 18.7 Å². The van der Waals surface area contributed by atoms with E-state index in [1.807, 2.05) is 6.92 Å². The summed E-state index contributed by atoms with van der Waals surface area (Å²) in [5.41, 5.74) is 0.635. The van der Waals surface area contributed by atoms with E-state index in [1.54, 1.807) is 30.3 Å². The number of hydrogen-bond acceptors (Lipinski definition) is 3. The normalized spacial score (nSPS) is 16.0. The summed E-state index contributed by atoms with van der Waals surface area (Å²) in [7, 11) is 0. The van der Waals surface area contributed by atoms with Gasteiger partial charge in [0.1, 0.15) is 11.6 Å². The molecule has 1 saturated heterocycles. The van der Waals surface area contributed by atoms with E-state index in [2.05, 4.69) is 5.32 Å². The van der Waals surface area contributed by atoms with Crippen molar-refractivity contribution in [2.45, 2.75) is 31.6 Å². The van der Waals surface area contributed by atoms with Crippen molar-refractivity contribution in [2.24, 2.45) is 0 Å². The fraction of sp³-hybridized carbons (Fsp3) is 0.381. The highest BCUT2D eigenvalue weighted by atomic mass is 35.5. The molecule has 144 valence electrons. The second-order valence-corrected chi connectivity index (χ2v) is 7.06. The van der Waals surface area contributed by atoms with Crippen LogP contribution in [0.15, 0.2) is 42.5 Å². The smallest absolute Gasteiger partial charge is 0.235 e. The molecule has 0 aliphatic carbocycles. The predicted octanol–water partition coefficient (Wildman–Crippen LogP) is 4.95. The molecular formula is C21H23ClFNO3. The van der Waals surface area contributed by atoms with Gasteiger partial charge in [0.2, 0.25) is 5.91 Å². The average molecular weight is 392 g/mol. The van der Waals surface area contributed by atoms with E-state index in [9.17, 15) is 9.18 Å². The maximum absolute atomic E-state index is 13.3. The molecule has 4 nitrogen and oxygen atoms in total. The molecule has 0 radical (unpaired) electrons. The van der Waals surface area contributed by atoms with E-state index >= 15 is 0 Å². The molecule has 6 heteroatoms. The summed E-state index contributed by atoms with van der Waals surface area (Å²) in [6, 6.07) is 11.3. The van der Waals surface area contributed by atoms with Crippen LogP contribution in [-0.4, -0.2) is 25.7 Å². The Bertz CT molecular complexity index is 789. The second-order valence-electron chi connectivity index (χ2n) is 6.65. The highest BCUT2D eigenvalue weighted by Gasteiger charge is 2.41. The molecule has 2 aromatic rings. The van der Waals surface area contributed by atoms with Crippen molar-refractivity contribution in [3.05, 3.63) is 58.9 Å². The van der Waals surface area contributed by atoms with Gasteiger partial charge in [-0.2, -0.15) is 0 Å². The molecule has 2 aromatic carbocycles. The lowest BCUT2D eigenvalue weighted by molar-refractivity contribution is -0.125. The van der Waals surface area contributed by atoms with Crippen molar-refractivity contribution in [3.8, 4) is 5.75 Å². The minimum absolute atomic E-state index is 0.143. The monoisotopic (exact) mass is 391 g/mol. The number of rotatable bonds is 6. The minimum Gasteiger partial charge on any atom is -0.492 e. The molecule has 3 rings (SSSR count). The highest BCUT2D eigenvalue weighted by molar-refractivity contribution is 6.32. The number of amides is 1. The summed E-state index contributed by atoms with van der Waals surface area (Å²) in [5.74, 6) is 0.127. The Morgan fingerprint density at radius 3 is 2.56 bits per heavy atom. The summed E-state index contributed by atoms with van der Waals surface area (Å²) in [6.07, 6.45) is 1.96. The maximum Gasteiger partial charge on any atom is 0.235 e. The lowest BCUT2D eigenvalue weighted by atomic mass is 9.73. The molecule has 0 atom stereocenters. The van der Waals surface area contributed by atoms with Crippen molar-refractivity contribution in [2.75, 3.05) is 25.1 Å². The third kappa shape index (κ3) is 4.42. The lowest BCUT2D eigenvalue weighted by Crippen LogP contribution is -2.44. The molecule has 1 N–H and O–H groups in total. The second kappa shape index (κ2) is 8.72. The zero-order valence-corrected chi connectivity index (χ0v) is 16.0. The molecule has 1 heterocycles. The Morgan fingerprint density at radius 1 is 1.22 bits per heavy atom. The maximum atomic E-state index is 13.3. The summed E-state index contributed by atoms with van der Waals surface area (Å²) >= 11 is 6.27. The van der Waals surface area contributed by atoms with E-state index in [-0.39, 0.29) is 11.7 Å². The number of nitrogens with one attached hydrogen (secondary N) is 1. The van der Waals surface area contributed by atoms with Gasteiger partial charge in [0.15, 0.2) is 0 Å². The molecule has 0 aromatic heterocycles. The number of ether oxygens (including phenoxy) is 2. The van der Waals surface area contributed by atoms with Gasteiger partial charge in [0, 0.05) is 18.9 Å². The van der Waals surface area contributed by atoms with Crippen LogP contribution in [0.4, 0.5) is 10.1 Å². The van der Waals surface area contributed by atoms with Crippen molar-refractivity contribution in [1.29, 1.82) is 0 Å². The quantitative estimate of drug-likeness (QED) is 0.757. The molecule has 0 saturated carbocycles. The van der Waals surface area contributed by atoms with Gasteiger partial charge in [-0.05, 0) is 55.2 Å². The third-order valence-corrected chi connectivity index (χ3v) is 5.12. The highest BCUT2D eigenvalue weighted by Crippen LogP contribution is 2.37. The minimum atomic E-state index is -0.754. The molecule has 1 aliphatic heterocycles. The SMILES string of the molecule is CCCOc1ccc(NC(=O)C2(c3ccc(F)cc3)CCOCC2)cc1Cl. The van der Waals surface area contributed by atoms with Crippen LogP contribution in [0.5, 0.6) is 5.75 Å². The van der Waals surface area contributed by atoms with Gasteiger partial charge in [-0.3, -0.25) is 4.79 Å². The van der Waals surface area contributed by atoms with Crippen LogP contribution in [-0.2, 0) is 14.9 Å². The van der Waals surface area contributed by atoms with Gasteiger partial charge < -0.3 is 14.8 Å². The van der Waals surface area contributed by atoms with E-state index in [1.165, 1.54) is 12.1 Å². The van der Waals surface area contributed by atoms with Crippen molar-refractivity contribution in [1.82, 2.24) is 0 Å². The van der Waals surface area contributed by atoms with Crippen LogP contribution in [0.3, 0.4) is 0 Å². The average Bonchev–Trinajstić information content (AvgIpc) is 2.68. The Kier molecular flexibility index (Phi) is 6.34. The zero-order chi connectivity index (χ0) is 19.3. The van der Waals surface area contributed by atoms with Crippen molar-refractivity contribution in [3.63, 3.8) is 0 Å². The van der Waals surface area contributed by atoms with E-state index in [4.69, 9.17) is 21.1 Å². The van der Waals surface area contributed by atoms with Crippen LogP contribution < -0.4 is 10.1 Å². The first-order valence-electron chi connectivity index (χ1n) is 9.13. The van der Waals surface area contributed by atoms with Gasteiger partial charge in [-0.1, -0.05) is 30.7 Å². The first kappa shape index (κ1) is 19.6. The number of halogens is 2. The number of benzene rings is 2. The van der Waals surface area contributed by atoms with Crippen molar-refractivity contribution >= 4 is 23.2 Å². The Labute approximate surface area is 163 Å². The van der Waals surface area contributed by atoms with Gasteiger partial charge >= 0.3 is 0 Å². The summed E-state index contributed by atoms with van der Waals surface area (Å²) < 4.78 is 24.4. The standard InChI is InChI=1S/C21H23ClFNO3/c1-2-11-27-19-8-7-17(14-18(19)22)24-20(25)21(9-12-26-13-10-21)15-3-5-16(23)6-4-15/h3-8,14H,2,9-13H2,1H3,(H,24,25). The van der Waals surface area contributed by atoms with Gasteiger partial charge in [0.05, 0.1) is 17.0 Å². The Hall–Kier alpha value is -2.11. The largest absolute Gasteiger partial charge is 0.492 e. The van der Waals surface area contributed by atoms with Gasteiger partial charge in [0.25, 0.3) is 0 Å². The third-order valence-electron chi connectivity index (χ3n) is 4.83. The number of carbonyl (C=O) groups is 1.